The number of hydrogen-bond acceptors (Lipinski definition) is 2. The van der Waals surface area contributed by atoms with Gasteiger partial charge in [-0.15, -0.1) is 0 Å². The van der Waals surface area contributed by atoms with Gasteiger partial charge in [-0.2, -0.15) is 0 Å². The zero-order valence-corrected chi connectivity index (χ0v) is 20.4. The molecule has 0 amide bonds. The maximum Gasteiger partial charge on any atom is 0.317 e. The number of rotatable bonds is 8. The van der Waals surface area contributed by atoms with Crippen LogP contribution in [0, 0.1) is 0 Å². The first kappa shape index (κ1) is 23.3. The van der Waals surface area contributed by atoms with Crippen LogP contribution in [-0.2, 0) is 8.23 Å². The Hall–Kier alpha value is 2.31. The molecule has 0 aliphatic heterocycles. The van der Waals surface area contributed by atoms with Crippen LogP contribution in [-0.4, -0.2) is 34.2 Å². The molecular weight excluding hydrogens is 449 g/mol. The molecule has 2 nitrogen and oxygen atoms in total. The van der Waals surface area contributed by atoms with E-state index in [9.17, 15) is 0 Å². The van der Waals surface area contributed by atoms with Crippen molar-refractivity contribution in [3.8, 4) is 0 Å². The summed E-state index contributed by atoms with van der Waals surface area (Å²) in [6.07, 6.45) is 0.762. The molecule has 0 bridgehead atoms. The van der Waals surface area contributed by atoms with Crippen molar-refractivity contribution in [2.45, 2.75) is 58.7 Å². The Kier molecular flexibility index (Phi) is 10.8. The van der Waals surface area contributed by atoms with Crippen LogP contribution in [0.15, 0.2) is 0 Å². The van der Waals surface area contributed by atoms with Crippen molar-refractivity contribution in [1.29, 1.82) is 0 Å². The van der Waals surface area contributed by atoms with Gasteiger partial charge in [0.25, 0.3) is 0 Å². The summed E-state index contributed by atoms with van der Waals surface area (Å²) in [4.78, 5) is 0. The minimum atomic E-state index is -2.52. The van der Waals surface area contributed by atoms with Crippen molar-refractivity contribution in [3.63, 3.8) is 0 Å². The van der Waals surface area contributed by atoms with Gasteiger partial charge in [0.2, 0.25) is 0 Å². The Labute approximate surface area is 162 Å². The van der Waals surface area contributed by atoms with Crippen molar-refractivity contribution < 1.29 is 8.23 Å². The molecule has 0 saturated carbocycles. The first-order valence-electron chi connectivity index (χ1n) is 6.74. The first-order valence-corrected chi connectivity index (χ1v) is 16.8. The van der Waals surface area contributed by atoms with Gasteiger partial charge in [0.05, 0.1) is 0 Å². The molecule has 0 unspecified atom stereocenters. The number of alkyl halides is 6. The highest BCUT2D eigenvalue weighted by Gasteiger charge is 2.42. The topological polar surface area (TPSA) is 18.5 Å². The molecule has 0 saturated heterocycles. The van der Waals surface area contributed by atoms with Gasteiger partial charge < -0.3 is 8.23 Å². The van der Waals surface area contributed by atoms with Crippen molar-refractivity contribution in [2.75, 3.05) is 0 Å². The third-order valence-electron chi connectivity index (χ3n) is 2.48. The van der Waals surface area contributed by atoms with E-state index in [2.05, 4.69) is 26.2 Å². The van der Waals surface area contributed by atoms with Crippen LogP contribution in [0.3, 0.4) is 0 Å². The predicted molar refractivity (Wildman–Crippen MR) is 105 cm³/mol. The van der Waals surface area contributed by atoms with Crippen LogP contribution < -0.4 is 0 Å². The number of hydrogen-bond donors (Lipinski definition) is 0. The molecule has 0 aliphatic rings. The summed E-state index contributed by atoms with van der Waals surface area (Å²) in [7, 11) is -5.17. The average molecular weight is 471 g/mol. The summed E-state index contributed by atoms with van der Waals surface area (Å²) >= 11 is 35.3. The smallest absolute Gasteiger partial charge is 0.317 e. The van der Waals surface area contributed by atoms with Crippen LogP contribution >= 0.6 is 69.6 Å². The molecule has 21 heavy (non-hydrogen) atoms. The Balaban J connectivity index is 5.10. The molecule has 0 aromatic rings. The lowest BCUT2D eigenvalue weighted by Crippen LogP contribution is -2.49. The van der Waals surface area contributed by atoms with E-state index >= 15 is 0 Å². The summed E-state index contributed by atoms with van der Waals surface area (Å²) < 4.78 is 9.92. The fraction of sp³-hybridized carbons (Fsp3) is 1.00. The lowest BCUT2D eigenvalue weighted by atomic mass is 10.5. The van der Waals surface area contributed by atoms with Gasteiger partial charge in [0.1, 0.15) is 0 Å². The molecule has 0 aromatic carbocycles. The highest BCUT2D eigenvalue weighted by Crippen LogP contribution is 2.39. The molecular formula is C10H22Cl6O2Si3. The summed E-state index contributed by atoms with van der Waals surface area (Å²) in [5.41, 5.74) is 0. The highest BCUT2D eigenvalue weighted by atomic mass is 35.6. The Morgan fingerprint density at radius 3 is 1.19 bits per heavy atom. The van der Waals surface area contributed by atoms with Crippen molar-refractivity contribution in [2.24, 2.45) is 0 Å². The third kappa shape index (κ3) is 13.3. The monoisotopic (exact) mass is 468 g/mol. The second-order valence-corrected chi connectivity index (χ2v) is 19.4. The van der Waals surface area contributed by atoms with E-state index in [0.717, 1.165) is 0 Å². The largest absolute Gasteiger partial charge is 0.439 e. The van der Waals surface area contributed by atoms with E-state index in [-0.39, 0.29) is 0 Å². The molecule has 0 aliphatic carbocycles. The molecule has 0 rings (SSSR count). The molecule has 0 spiro atoms. The Bertz CT molecular complexity index is 276. The van der Waals surface area contributed by atoms with E-state index in [1.807, 2.05) is 0 Å². The molecule has 0 fully saturated rings. The first-order chi connectivity index (χ1) is 9.25. The quantitative estimate of drug-likeness (QED) is 0.322. The standard InChI is InChI=1S/C10H22Cl6O2Si3/c1-19(2)17-21(18-20(3)4,7-5-9(11,12)13)8-6-10(14,15)16/h19-20H,5-8H2,1-4H3. The normalized spacial score (nSPS) is 14.3. The Morgan fingerprint density at radius 2 is 1.00 bits per heavy atom. The van der Waals surface area contributed by atoms with E-state index in [4.69, 9.17) is 77.8 Å². The van der Waals surface area contributed by atoms with E-state index in [1.54, 1.807) is 0 Å². The lowest BCUT2D eigenvalue weighted by molar-refractivity contribution is 0.385. The molecule has 0 heterocycles. The zero-order valence-electron chi connectivity index (χ0n) is 12.6. The fourth-order valence-electron chi connectivity index (χ4n) is 1.91. The van der Waals surface area contributed by atoms with Crippen molar-refractivity contribution in [3.05, 3.63) is 0 Å². The van der Waals surface area contributed by atoms with Crippen LogP contribution in [0.25, 0.3) is 0 Å². The van der Waals surface area contributed by atoms with Gasteiger partial charge in [-0.1, -0.05) is 69.6 Å². The molecule has 0 atom stereocenters. The molecule has 0 N–H and O–H groups in total. The van der Waals surface area contributed by atoms with Gasteiger partial charge in [-0.3, -0.25) is 0 Å². The molecule has 128 valence electrons. The zero-order chi connectivity index (χ0) is 16.9. The summed E-state index contributed by atoms with van der Waals surface area (Å²) in [6, 6.07) is 1.20. The van der Waals surface area contributed by atoms with Gasteiger partial charge in [-0.05, 0) is 51.1 Å². The maximum atomic E-state index is 6.28. The summed E-state index contributed by atoms with van der Waals surface area (Å²) in [5, 5.41) is 0. The van der Waals surface area contributed by atoms with Crippen LogP contribution in [0.2, 0.25) is 38.3 Å². The van der Waals surface area contributed by atoms with Crippen molar-refractivity contribution in [1.82, 2.24) is 0 Å². The van der Waals surface area contributed by atoms with Gasteiger partial charge in [-0.25, -0.2) is 0 Å². The van der Waals surface area contributed by atoms with Gasteiger partial charge >= 0.3 is 8.56 Å². The van der Waals surface area contributed by atoms with E-state index in [1.165, 1.54) is 0 Å². The molecule has 0 aromatic heterocycles. The Morgan fingerprint density at radius 1 is 0.714 bits per heavy atom. The minimum absolute atomic E-state index is 0.381. The van der Waals surface area contributed by atoms with E-state index < -0.39 is 34.2 Å². The van der Waals surface area contributed by atoms with Crippen molar-refractivity contribution >= 4 is 96.2 Å². The second-order valence-electron chi connectivity index (χ2n) is 5.47. The lowest BCUT2D eigenvalue weighted by Gasteiger charge is -2.36. The highest BCUT2D eigenvalue weighted by molar-refractivity contribution is 6.80. The van der Waals surface area contributed by atoms with Gasteiger partial charge in [0.15, 0.2) is 25.7 Å². The maximum absolute atomic E-state index is 6.28. The van der Waals surface area contributed by atoms with Crippen LogP contribution in [0.4, 0.5) is 0 Å². The third-order valence-corrected chi connectivity index (χ3v) is 12.8. The molecule has 11 heteroatoms. The predicted octanol–water partition coefficient (Wildman–Crippen LogP) is 5.95. The second kappa shape index (κ2) is 9.71. The number of halogens is 6. The SMILES string of the molecule is C[SiH](C)O[Si](CCC(Cl)(Cl)Cl)(CCC(Cl)(Cl)Cl)O[SiH](C)C. The van der Waals surface area contributed by atoms with Gasteiger partial charge in [0, 0.05) is 0 Å². The van der Waals surface area contributed by atoms with E-state index in [0.29, 0.717) is 24.9 Å². The average Bonchev–Trinajstić information content (AvgIpc) is 2.20. The minimum Gasteiger partial charge on any atom is -0.439 e. The molecule has 0 radical (unpaired) electrons. The summed E-state index contributed by atoms with van der Waals surface area (Å²) in [6.45, 7) is 8.38. The van der Waals surface area contributed by atoms with Crippen LogP contribution in [0.5, 0.6) is 0 Å². The summed E-state index contributed by atoms with van der Waals surface area (Å²) in [5.74, 6) is 0. The fourth-order valence-corrected chi connectivity index (χ4v) is 14.7. The van der Waals surface area contributed by atoms with Crippen LogP contribution in [0.1, 0.15) is 12.8 Å².